The Bertz CT molecular complexity index is 1030. The van der Waals surface area contributed by atoms with Crippen LogP contribution in [0.5, 0.6) is 0 Å². The Hall–Kier alpha value is -2.61. The van der Waals surface area contributed by atoms with Crippen LogP contribution in [0.1, 0.15) is 46.0 Å². The number of hydrogen-bond acceptors (Lipinski definition) is 5. The van der Waals surface area contributed by atoms with Crippen LogP contribution in [-0.4, -0.2) is 33.8 Å². The number of aromatic nitrogens is 2. The Morgan fingerprint density at radius 2 is 2.03 bits per heavy atom. The highest BCUT2D eigenvalue weighted by Gasteiger charge is 2.15. The van der Waals surface area contributed by atoms with E-state index >= 15 is 0 Å². The molecule has 8 heteroatoms. The van der Waals surface area contributed by atoms with Gasteiger partial charge in [-0.2, -0.15) is 0 Å². The molecular weight excluding hydrogens is 412 g/mol. The number of carbonyl (C=O) groups excluding carboxylic acids is 2. The van der Waals surface area contributed by atoms with Crippen LogP contribution in [-0.2, 0) is 11.3 Å². The number of rotatable bonds is 8. The summed E-state index contributed by atoms with van der Waals surface area (Å²) in [5.74, 6) is -0.122. The predicted molar refractivity (Wildman–Crippen MR) is 124 cm³/mol. The highest BCUT2D eigenvalue weighted by molar-refractivity contribution is 7.99. The Balaban J connectivity index is 1.73. The number of imide groups is 1. The Kier molecular flexibility index (Phi) is 8.28. The number of fused-ring (bicyclic) bond motifs is 1. The quantitative estimate of drug-likeness (QED) is 0.368. The molecule has 7 nitrogen and oxygen atoms in total. The summed E-state index contributed by atoms with van der Waals surface area (Å²) in [6.45, 7) is 4.98. The molecule has 1 heterocycles. The fourth-order valence-corrected chi connectivity index (χ4v) is 4.30. The number of allylic oxidation sites excluding steroid dienone is 2. The molecule has 1 aromatic carbocycles. The van der Waals surface area contributed by atoms with Gasteiger partial charge in [-0.25, -0.2) is 9.78 Å². The van der Waals surface area contributed by atoms with Crippen LogP contribution in [0.4, 0.5) is 4.79 Å². The highest BCUT2D eigenvalue weighted by atomic mass is 32.2. The molecule has 2 N–H and O–H groups in total. The van der Waals surface area contributed by atoms with Crippen LogP contribution in [0.25, 0.3) is 10.9 Å². The van der Waals surface area contributed by atoms with Crippen LogP contribution in [0.3, 0.4) is 0 Å². The molecule has 0 unspecified atom stereocenters. The van der Waals surface area contributed by atoms with E-state index in [0.29, 0.717) is 35.1 Å². The van der Waals surface area contributed by atoms with Gasteiger partial charge >= 0.3 is 6.03 Å². The summed E-state index contributed by atoms with van der Waals surface area (Å²) in [4.78, 5) is 41.8. The van der Waals surface area contributed by atoms with E-state index in [-0.39, 0.29) is 11.3 Å². The molecule has 0 radical (unpaired) electrons. The second-order valence-corrected chi connectivity index (χ2v) is 9.11. The number of carbonyl (C=O) groups is 2. The standard InChI is InChI=1S/C23H30N4O3S/c1-16(2)14-24-22(30)26-20(28)15-31-23-25-19-11-7-6-10-18(19)21(29)27(23)13-12-17-8-4-3-5-9-17/h6-8,10-11,16H,3-5,9,12-15H2,1-2H3,(H2,24,26,28,30). The molecule has 0 saturated heterocycles. The summed E-state index contributed by atoms with van der Waals surface area (Å²) in [6.07, 6.45) is 7.67. The van der Waals surface area contributed by atoms with E-state index < -0.39 is 11.9 Å². The third-order valence-electron chi connectivity index (χ3n) is 5.12. The number of nitrogens with one attached hydrogen (secondary N) is 2. The molecule has 1 aromatic heterocycles. The Morgan fingerprint density at radius 3 is 2.77 bits per heavy atom. The van der Waals surface area contributed by atoms with Crippen molar-refractivity contribution in [3.05, 3.63) is 46.3 Å². The molecule has 0 spiro atoms. The average molecular weight is 443 g/mol. The van der Waals surface area contributed by atoms with Crippen molar-refractivity contribution in [3.63, 3.8) is 0 Å². The number of amides is 3. The molecule has 31 heavy (non-hydrogen) atoms. The molecule has 0 bridgehead atoms. The van der Waals surface area contributed by atoms with E-state index in [9.17, 15) is 14.4 Å². The molecule has 0 atom stereocenters. The molecule has 1 aliphatic rings. The van der Waals surface area contributed by atoms with Gasteiger partial charge in [0.1, 0.15) is 0 Å². The minimum absolute atomic E-state index is 0.00255. The van der Waals surface area contributed by atoms with Crippen LogP contribution in [0.15, 0.2) is 45.9 Å². The molecule has 1 aliphatic carbocycles. The van der Waals surface area contributed by atoms with E-state index in [1.807, 2.05) is 26.0 Å². The van der Waals surface area contributed by atoms with Gasteiger partial charge in [-0.05, 0) is 50.2 Å². The van der Waals surface area contributed by atoms with Gasteiger partial charge < -0.3 is 5.32 Å². The lowest BCUT2D eigenvalue weighted by Gasteiger charge is -2.16. The first-order valence-corrected chi connectivity index (χ1v) is 11.8. The van der Waals surface area contributed by atoms with E-state index in [4.69, 9.17) is 0 Å². The zero-order valence-corrected chi connectivity index (χ0v) is 19.0. The highest BCUT2D eigenvalue weighted by Crippen LogP contribution is 2.23. The van der Waals surface area contributed by atoms with Crippen molar-refractivity contribution in [1.82, 2.24) is 20.2 Å². The Labute approximate surface area is 186 Å². The van der Waals surface area contributed by atoms with Crippen molar-refractivity contribution in [2.75, 3.05) is 12.3 Å². The monoisotopic (exact) mass is 442 g/mol. The van der Waals surface area contributed by atoms with Crippen molar-refractivity contribution in [2.24, 2.45) is 5.92 Å². The van der Waals surface area contributed by atoms with E-state index in [1.54, 1.807) is 16.7 Å². The van der Waals surface area contributed by atoms with Crippen LogP contribution < -0.4 is 16.2 Å². The number of para-hydroxylation sites is 1. The zero-order chi connectivity index (χ0) is 22.2. The lowest BCUT2D eigenvalue weighted by molar-refractivity contribution is -0.117. The number of nitrogens with zero attached hydrogens (tertiary/aromatic N) is 2. The lowest BCUT2D eigenvalue weighted by Crippen LogP contribution is -2.41. The largest absolute Gasteiger partial charge is 0.338 e. The number of hydrogen-bond donors (Lipinski definition) is 2. The summed E-state index contributed by atoms with van der Waals surface area (Å²) >= 11 is 1.18. The third-order valence-corrected chi connectivity index (χ3v) is 6.10. The fraction of sp³-hybridized carbons (Fsp3) is 0.478. The average Bonchev–Trinajstić information content (AvgIpc) is 2.76. The van der Waals surface area contributed by atoms with Crippen molar-refractivity contribution >= 4 is 34.6 Å². The van der Waals surface area contributed by atoms with E-state index in [1.165, 1.54) is 30.2 Å². The summed E-state index contributed by atoms with van der Waals surface area (Å²) < 4.78 is 1.66. The van der Waals surface area contributed by atoms with Gasteiger partial charge in [0.05, 0.1) is 16.7 Å². The molecule has 2 aromatic rings. The molecule has 0 aliphatic heterocycles. The van der Waals surface area contributed by atoms with E-state index in [0.717, 1.165) is 19.3 Å². The lowest BCUT2D eigenvalue weighted by atomic mass is 9.97. The van der Waals surface area contributed by atoms with Gasteiger partial charge in [0.2, 0.25) is 5.91 Å². The molecule has 166 valence electrons. The second-order valence-electron chi connectivity index (χ2n) is 8.17. The van der Waals surface area contributed by atoms with Gasteiger partial charge in [-0.15, -0.1) is 0 Å². The van der Waals surface area contributed by atoms with Crippen LogP contribution in [0, 0.1) is 5.92 Å². The van der Waals surface area contributed by atoms with Crippen molar-refractivity contribution < 1.29 is 9.59 Å². The molecule has 3 rings (SSSR count). The Morgan fingerprint density at radius 1 is 1.23 bits per heavy atom. The predicted octanol–water partition coefficient (Wildman–Crippen LogP) is 3.86. The molecule has 0 fully saturated rings. The molecule has 3 amide bonds. The van der Waals surface area contributed by atoms with Crippen molar-refractivity contribution in [1.29, 1.82) is 0 Å². The fourth-order valence-electron chi connectivity index (χ4n) is 3.48. The maximum Gasteiger partial charge on any atom is 0.321 e. The van der Waals surface area contributed by atoms with Gasteiger partial charge in [0.15, 0.2) is 5.16 Å². The second kappa shape index (κ2) is 11.1. The molecule has 0 saturated carbocycles. The zero-order valence-electron chi connectivity index (χ0n) is 18.1. The normalized spacial score (nSPS) is 13.8. The third kappa shape index (κ3) is 6.69. The summed E-state index contributed by atoms with van der Waals surface area (Å²) in [7, 11) is 0. The summed E-state index contributed by atoms with van der Waals surface area (Å²) in [6, 6.07) is 6.74. The first kappa shape index (κ1) is 23.1. The van der Waals surface area contributed by atoms with Gasteiger partial charge in [0.25, 0.3) is 5.56 Å². The summed E-state index contributed by atoms with van der Waals surface area (Å²) in [5, 5.41) is 6.05. The van der Waals surface area contributed by atoms with Crippen molar-refractivity contribution in [2.45, 2.75) is 57.7 Å². The number of benzene rings is 1. The van der Waals surface area contributed by atoms with Crippen molar-refractivity contribution in [3.8, 4) is 0 Å². The summed E-state index contributed by atoms with van der Waals surface area (Å²) in [5.41, 5.74) is 1.89. The number of urea groups is 1. The maximum atomic E-state index is 13.1. The van der Waals surface area contributed by atoms with Gasteiger partial charge in [-0.1, -0.05) is 49.4 Å². The minimum atomic E-state index is -0.507. The SMILES string of the molecule is CC(C)CNC(=O)NC(=O)CSc1nc2ccccc2c(=O)n1CCC1=CCCCC1. The topological polar surface area (TPSA) is 93.1 Å². The maximum absolute atomic E-state index is 13.1. The molecular formula is C23H30N4O3S. The first-order valence-electron chi connectivity index (χ1n) is 10.8. The smallest absolute Gasteiger partial charge is 0.321 e. The van der Waals surface area contributed by atoms with Gasteiger partial charge in [-0.3, -0.25) is 19.5 Å². The first-order chi connectivity index (χ1) is 14.9. The van der Waals surface area contributed by atoms with Crippen LogP contribution in [0.2, 0.25) is 0 Å². The van der Waals surface area contributed by atoms with Crippen LogP contribution >= 0.6 is 11.8 Å². The van der Waals surface area contributed by atoms with Gasteiger partial charge in [0, 0.05) is 13.1 Å². The van der Waals surface area contributed by atoms with E-state index in [2.05, 4.69) is 21.7 Å². The minimum Gasteiger partial charge on any atom is -0.338 e. The number of thioether (sulfide) groups is 1.